The van der Waals surface area contributed by atoms with Gasteiger partial charge in [-0.3, -0.25) is 4.79 Å². The third-order valence-electron chi connectivity index (χ3n) is 2.83. The molecular weight excluding hydrogens is 283 g/mol. The van der Waals surface area contributed by atoms with E-state index in [2.05, 4.69) is 0 Å². The Morgan fingerprint density at radius 1 is 1.37 bits per heavy atom. The van der Waals surface area contributed by atoms with Crippen LogP contribution < -0.4 is 0 Å². The Labute approximate surface area is 112 Å². The zero-order valence-electron chi connectivity index (χ0n) is 9.84. The summed E-state index contributed by atoms with van der Waals surface area (Å²) in [6, 6.07) is 1.37. The molecule has 3 nitrogen and oxygen atoms in total. The van der Waals surface area contributed by atoms with Gasteiger partial charge in [-0.1, -0.05) is 0 Å². The molecule has 0 aromatic heterocycles. The van der Waals surface area contributed by atoms with Crippen molar-refractivity contribution in [2.24, 2.45) is 0 Å². The Hall–Kier alpha value is -1.27. The highest BCUT2D eigenvalue weighted by molar-refractivity contribution is 6.18. The van der Waals surface area contributed by atoms with Gasteiger partial charge in [-0.15, -0.1) is 11.6 Å². The molecule has 0 radical (unpaired) electrons. The fourth-order valence-electron chi connectivity index (χ4n) is 1.86. The lowest BCUT2D eigenvalue weighted by Crippen LogP contribution is -2.46. The summed E-state index contributed by atoms with van der Waals surface area (Å²) < 4.78 is 44.3. The first kappa shape index (κ1) is 14.1. The van der Waals surface area contributed by atoms with E-state index < -0.39 is 23.4 Å². The Balaban J connectivity index is 2.19. The lowest BCUT2D eigenvalue weighted by molar-refractivity contribution is -0.0108. The van der Waals surface area contributed by atoms with Crippen molar-refractivity contribution in [3.63, 3.8) is 0 Å². The Kier molecular flexibility index (Phi) is 4.31. The molecule has 7 heteroatoms. The van der Waals surface area contributed by atoms with Crippen LogP contribution in [0.5, 0.6) is 0 Å². The minimum Gasteiger partial charge on any atom is -0.373 e. The lowest BCUT2D eigenvalue weighted by Gasteiger charge is -2.32. The van der Waals surface area contributed by atoms with Crippen LogP contribution in [-0.2, 0) is 4.74 Å². The number of hydrogen-bond acceptors (Lipinski definition) is 2. The second kappa shape index (κ2) is 5.79. The van der Waals surface area contributed by atoms with Crippen molar-refractivity contribution in [3.8, 4) is 0 Å². The first-order chi connectivity index (χ1) is 9.02. The van der Waals surface area contributed by atoms with Crippen LogP contribution >= 0.6 is 11.6 Å². The van der Waals surface area contributed by atoms with Gasteiger partial charge in [0.05, 0.1) is 18.6 Å². The quantitative estimate of drug-likeness (QED) is 0.618. The van der Waals surface area contributed by atoms with E-state index in [0.717, 1.165) is 0 Å². The molecule has 1 atom stereocenters. The molecule has 1 aliphatic rings. The molecule has 1 aromatic rings. The highest BCUT2D eigenvalue weighted by atomic mass is 35.5. The molecule has 0 aliphatic carbocycles. The van der Waals surface area contributed by atoms with Gasteiger partial charge in [0.2, 0.25) is 0 Å². The van der Waals surface area contributed by atoms with Crippen LogP contribution in [0.15, 0.2) is 12.1 Å². The van der Waals surface area contributed by atoms with Crippen molar-refractivity contribution < 1.29 is 22.7 Å². The van der Waals surface area contributed by atoms with Crippen molar-refractivity contribution in [2.45, 2.75) is 6.10 Å². The largest absolute Gasteiger partial charge is 0.373 e. The van der Waals surface area contributed by atoms with Gasteiger partial charge in [0.15, 0.2) is 17.5 Å². The van der Waals surface area contributed by atoms with Gasteiger partial charge in [0, 0.05) is 18.7 Å². The highest BCUT2D eigenvalue weighted by Gasteiger charge is 2.26. The zero-order valence-corrected chi connectivity index (χ0v) is 10.6. The molecular formula is C12H11ClF3NO2. The summed E-state index contributed by atoms with van der Waals surface area (Å²) in [5.41, 5.74) is -0.230. The van der Waals surface area contributed by atoms with Crippen LogP contribution in [0, 0.1) is 17.5 Å². The van der Waals surface area contributed by atoms with Gasteiger partial charge in [-0.05, 0) is 12.1 Å². The summed E-state index contributed by atoms with van der Waals surface area (Å²) in [6.45, 7) is 0.838. The van der Waals surface area contributed by atoms with E-state index in [-0.39, 0.29) is 24.1 Å². The number of carbonyl (C=O) groups excluding carboxylic acids is 1. The SMILES string of the molecule is O=C(c1cc(F)c(F)c(F)c1)N1CCOC(CCl)C1. The van der Waals surface area contributed by atoms with Crippen LogP contribution in [0.1, 0.15) is 10.4 Å². The van der Waals surface area contributed by atoms with E-state index in [9.17, 15) is 18.0 Å². The zero-order chi connectivity index (χ0) is 14.0. The molecule has 1 amide bonds. The van der Waals surface area contributed by atoms with Crippen molar-refractivity contribution in [3.05, 3.63) is 35.1 Å². The normalized spacial score (nSPS) is 19.6. The van der Waals surface area contributed by atoms with Crippen molar-refractivity contribution in [1.29, 1.82) is 0 Å². The number of morpholine rings is 1. The summed E-state index contributed by atoms with van der Waals surface area (Å²) in [5.74, 6) is -4.71. The summed E-state index contributed by atoms with van der Waals surface area (Å²) in [5, 5.41) is 0. The fraction of sp³-hybridized carbons (Fsp3) is 0.417. The Bertz CT molecular complexity index is 475. The number of ether oxygens (including phenoxy) is 1. The third-order valence-corrected chi connectivity index (χ3v) is 3.17. The van der Waals surface area contributed by atoms with Crippen LogP contribution in [0.25, 0.3) is 0 Å². The number of carbonyl (C=O) groups is 1. The van der Waals surface area contributed by atoms with Gasteiger partial charge in [-0.2, -0.15) is 0 Å². The molecule has 1 aromatic carbocycles. The molecule has 0 spiro atoms. The molecule has 0 bridgehead atoms. The molecule has 0 N–H and O–H groups in total. The average molecular weight is 294 g/mol. The number of rotatable bonds is 2. The Morgan fingerprint density at radius 3 is 2.58 bits per heavy atom. The van der Waals surface area contributed by atoms with E-state index in [1.54, 1.807) is 0 Å². The summed E-state index contributed by atoms with van der Waals surface area (Å²) >= 11 is 5.64. The molecule has 1 aliphatic heterocycles. The molecule has 1 unspecified atom stereocenters. The van der Waals surface area contributed by atoms with E-state index in [1.165, 1.54) is 4.90 Å². The summed E-state index contributed by atoms with van der Waals surface area (Å²) in [6.07, 6.45) is -0.311. The molecule has 2 rings (SSSR count). The molecule has 1 saturated heterocycles. The smallest absolute Gasteiger partial charge is 0.254 e. The molecule has 104 valence electrons. The summed E-state index contributed by atoms with van der Waals surface area (Å²) in [7, 11) is 0. The van der Waals surface area contributed by atoms with E-state index in [1.807, 2.05) is 0 Å². The summed E-state index contributed by atoms with van der Waals surface area (Å²) in [4.78, 5) is 13.4. The number of alkyl halides is 1. The maximum absolute atomic E-state index is 13.1. The van der Waals surface area contributed by atoms with Gasteiger partial charge < -0.3 is 9.64 Å². The van der Waals surface area contributed by atoms with E-state index in [4.69, 9.17) is 16.3 Å². The molecule has 1 fully saturated rings. The maximum Gasteiger partial charge on any atom is 0.254 e. The average Bonchev–Trinajstić information content (AvgIpc) is 2.43. The number of amides is 1. The van der Waals surface area contributed by atoms with Crippen molar-refractivity contribution >= 4 is 17.5 Å². The van der Waals surface area contributed by atoms with Crippen LogP contribution in [-0.4, -0.2) is 42.5 Å². The minimum atomic E-state index is -1.59. The standard InChI is InChI=1S/C12H11ClF3NO2/c13-5-8-6-17(1-2-19-8)12(18)7-3-9(14)11(16)10(15)4-7/h3-4,8H,1-2,5-6H2. The van der Waals surface area contributed by atoms with E-state index >= 15 is 0 Å². The highest BCUT2D eigenvalue weighted by Crippen LogP contribution is 2.17. The number of nitrogens with zero attached hydrogens (tertiary/aromatic N) is 1. The lowest BCUT2D eigenvalue weighted by atomic mass is 10.1. The molecule has 0 saturated carbocycles. The molecule has 19 heavy (non-hydrogen) atoms. The maximum atomic E-state index is 13.1. The second-order valence-electron chi connectivity index (χ2n) is 4.15. The molecule has 1 heterocycles. The predicted molar refractivity (Wildman–Crippen MR) is 62.7 cm³/mol. The van der Waals surface area contributed by atoms with Crippen LogP contribution in [0.3, 0.4) is 0 Å². The topological polar surface area (TPSA) is 29.5 Å². The van der Waals surface area contributed by atoms with Crippen molar-refractivity contribution in [1.82, 2.24) is 4.90 Å². The van der Waals surface area contributed by atoms with Crippen LogP contribution in [0.2, 0.25) is 0 Å². The number of hydrogen-bond donors (Lipinski definition) is 0. The minimum absolute atomic E-state index is 0.218. The van der Waals surface area contributed by atoms with Gasteiger partial charge in [-0.25, -0.2) is 13.2 Å². The first-order valence-electron chi connectivity index (χ1n) is 5.64. The monoisotopic (exact) mass is 293 g/mol. The third kappa shape index (κ3) is 3.01. The number of halogens is 4. The predicted octanol–water partition coefficient (Wildman–Crippen LogP) is 2.18. The first-order valence-corrected chi connectivity index (χ1v) is 6.17. The van der Waals surface area contributed by atoms with Gasteiger partial charge >= 0.3 is 0 Å². The van der Waals surface area contributed by atoms with Crippen LogP contribution in [0.4, 0.5) is 13.2 Å². The van der Waals surface area contributed by atoms with Gasteiger partial charge in [0.25, 0.3) is 5.91 Å². The van der Waals surface area contributed by atoms with E-state index in [0.29, 0.717) is 25.3 Å². The van der Waals surface area contributed by atoms with Crippen molar-refractivity contribution in [2.75, 3.05) is 25.6 Å². The Morgan fingerprint density at radius 2 is 2.00 bits per heavy atom. The van der Waals surface area contributed by atoms with Gasteiger partial charge in [0.1, 0.15) is 0 Å². The number of benzene rings is 1. The fourth-order valence-corrected chi connectivity index (χ4v) is 2.05. The second-order valence-corrected chi connectivity index (χ2v) is 4.46.